The number of hydrogen-bond acceptors (Lipinski definition) is 2. The van der Waals surface area contributed by atoms with Crippen molar-refractivity contribution < 1.29 is 8.60 Å². The first-order valence-corrected chi connectivity index (χ1v) is 11.3. The van der Waals surface area contributed by atoms with Gasteiger partial charge in [0.25, 0.3) is 0 Å². The minimum atomic E-state index is -1.40. The van der Waals surface area contributed by atoms with E-state index in [0.717, 1.165) is 28.2 Å². The molecule has 4 aromatic rings. The number of aromatic nitrogens is 2. The molecular formula is C25H26FN3OS. The van der Waals surface area contributed by atoms with Crippen LogP contribution in [-0.4, -0.2) is 13.8 Å². The zero-order chi connectivity index (χ0) is 22.2. The summed E-state index contributed by atoms with van der Waals surface area (Å²) in [5, 5.41) is 0. The van der Waals surface area contributed by atoms with Gasteiger partial charge in [0.1, 0.15) is 17.7 Å². The lowest BCUT2D eigenvalue weighted by molar-refractivity contribution is 0.485. The van der Waals surface area contributed by atoms with E-state index in [1.54, 1.807) is 18.5 Å². The quantitative estimate of drug-likeness (QED) is 0.377. The molecule has 0 spiro atoms. The van der Waals surface area contributed by atoms with Crippen LogP contribution >= 0.6 is 0 Å². The van der Waals surface area contributed by atoms with Crippen molar-refractivity contribution in [3.8, 4) is 16.8 Å². The van der Waals surface area contributed by atoms with Crippen molar-refractivity contribution in [1.82, 2.24) is 9.55 Å². The summed E-state index contributed by atoms with van der Waals surface area (Å²) in [5.41, 5.74) is 5.24. The summed E-state index contributed by atoms with van der Waals surface area (Å²) in [5.74, 6) is 0. The summed E-state index contributed by atoms with van der Waals surface area (Å²) in [6.07, 6.45) is 3.72. The molecule has 3 aromatic carbocycles. The van der Waals surface area contributed by atoms with Crippen molar-refractivity contribution >= 4 is 16.7 Å². The van der Waals surface area contributed by atoms with Crippen molar-refractivity contribution in [3.05, 3.63) is 96.6 Å². The lowest BCUT2D eigenvalue weighted by atomic mass is 10.0. The number of benzene rings is 3. The fourth-order valence-electron chi connectivity index (χ4n) is 3.01. The molecule has 1 unspecified atom stereocenters. The van der Waals surface area contributed by atoms with Gasteiger partial charge in [-0.05, 0) is 60.0 Å². The molecule has 6 heteroatoms. The van der Waals surface area contributed by atoms with E-state index in [-0.39, 0.29) is 0 Å². The van der Waals surface area contributed by atoms with E-state index >= 15 is 0 Å². The SMILES string of the molecule is CC.Cc1cn(-c2ccc(NS(=O)c3cccc(-c4ccc(CF)cc4)c3)cc2)cn1. The molecule has 0 aliphatic heterocycles. The van der Waals surface area contributed by atoms with Gasteiger partial charge in [-0.1, -0.05) is 50.2 Å². The maximum atomic E-state index is 12.8. The van der Waals surface area contributed by atoms with Gasteiger partial charge in [0, 0.05) is 17.6 Å². The monoisotopic (exact) mass is 435 g/mol. The van der Waals surface area contributed by atoms with Crippen LogP contribution in [0.3, 0.4) is 0 Å². The van der Waals surface area contributed by atoms with E-state index < -0.39 is 17.7 Å². The summed E-state index contributed by atoms with van der Waals surface area (Å²) in [4.78, 5) is 4.90. The average molecular weight is 436 g/mol. The molecule has 0 radical (unpaired) electrons. The van der Waals surface area contributed by atoms with Crippen LogP contribution in [0.5, 0.6) is 0 Å². The molecule has 31 heavy (non-hydrogen) atoms. The summed E-state index contributed by atoms with van der Waals surface area (Å²) in [6.45, 7) is 5.46. The Kier molecular flexibility index (Phi) is 7.73. The maximum Gasteiger partial charge on any atom is 0.150 e. The predicted molar refractivity (Wildman–Crippen MR) is 126 cm³/mol. The topological polar surface area (TPSA) is 46.9 Å². The van der Waals surface area contributed by atoms with Crippen LogP contribution < -0.4 is 4.72 Å². The predicted octanol–water partition coefficient (Wildman–Crippen LogP) is 6.48. The standard InChI is InChI=1S/C23H20FN3OS.C2H6/c1-17-15-27(16-25-17)22-11-9-21(10-12-22)26-29(28)23-4-2-3-20(13-23)19-7-5-18(14-24)6-8-19;1-2/h2-13,15-16,26H,14H2,1H3;1-2H3. The fraction of sp³-hybridized carbons (Fsp3) is 0.160. The summed E-state index contributed by atoms with van der Waals surface area (Å²) in [7, 11) is -1.40. The third kappa shape index (κ3) is 5.67. The van der Waals surface area contributed by atoms with Crippen molar-refractivity contribution in [3.63, 3.8) is 0 Å². The Balaban J connectivity index is 0.00000132. The van der Waals surface area contributed by atoms with Crippen LogP contribution in [0.1, 0.15) is 25.1 Å². The van der Waals surface area contributed by atoms with Gasteiger partial charge in [-0.15, -0.1) is 0 Å². The Morgan fingerprint density at radius 1 is 0.968 bits per heavy atom. The number of nitrogens with zero attached hydrogens (tertiary/aromatic N) is 2. The van der Waals surface area contributed by atoms with E-state index in [2.05, 4.69) is 9.71 Å². The number of imidazole rings is 1. The summed E-state index contributed by atoms with van der Waals surface area (Å²) < 4.78 is 30.5. The number of nitrogens with one attached hydrogen (secondary N) is 1. The molecule has 1 aromatic heterocycles. The Morgan fingerprint density at radius 3 is 2.29 bits per heavy atom. The van der Waals surface area contributed by atoms with Crippen molar-refractivity contribution in [2.75, 3.05) is 4.72 Å². The Bertz CT molecular complexity index is 1140. The van der Waals surface area contributed by atoms with Gasteiger partial charge >= 0.3 is 0 Å². The second-order valence-electron chi connectivity index (χ2n) is 6.70. The highest BCUT2D eigenvalue weighted by molar-refractivity contribution is 7.86. The van der Waals surface area contributed by atoms with Crippen LogP contribution in [0, 0.1) is 6.92 Å². The fourth-order valence-corrected chi connectivity index (χ4v) is 3.91. The van der Waals surface area contributed by atoms with Crippen LogP contribution in [0.15, 0.2) is 90.2 Å². The number of rotatable bonds is 6. The van der Waals surface area contributed by atoms with E-state index in [0.29, 0.717) is 10.5 Å². The minimum Gasteiger partial charge on any atom is -0.306 e. The molecule has 0 bridgehead atoms. The van der Waals surface area contributed by atoms with Crippen LogP contribution in [0.2, 0.25) is 0 Å². The van der Waals surface area contributed by atoms with E-state index in [1.165, 1.54) is 0 Å². The first-order valence-electron chi connectivity index (χ1n) is 10.2. The molecule has 0 saturated carbocycles. The molecule has 0 aliphatic carbocycles. The first kappa shape index (κ1) is 22.4. The average Bonchev–Trinajstić information content (AvgIpc) is 3.27. The van der Waals surface area contributed by atoms with E-state index in [4.69, 9.17) is 0 Å². The normalized spacial score (nSPS) is 11.4. The second-order valence-corrected chi connectivity index (χ2v) is 7.91. The molecule has 0 fully saturated rings. The molecule has 4 rings (SSSR count). The highest BCUT2D eigenvalue weighted by atomic mass is 32.2. The number of alkyl halides is 1. The first-order chi connectivity index (χ1) is 15.1. The molecule has 1 heterocycles. The van der Waals surface area contributed by atoms with Crippen LogP contribution in [0.25, 0.3) is 16.8 Å². The van der Waals surface area contributed by atoms with Gasteiger partial charge in [0.05, 0.1) is 16.9 Å². The van der Waals surface area contributed by atoms with Crippen molar-refractivity contribution in [2.45, 2.75) is 32.3 Å². The minimum absolute atomic E-state index is 0.479. The maximum absolute atomic E-state index is 12.8. The smallest absolute Gasteiger partial charge is 0.150 e. The van der Waals surface area contributed by atoms with Gasteiger partial charge in [0.15, 0.2) is 0 Å². The molecule has 0 amide bonds. The Hall–Kier alpha value is -3.25. The van der Waals surface area contributed by atoms with Crippen molar-refractivity contribution in [1.29, 1.82) is 0 Å². The molecule has 0 saturated heterocycles. The van der Waals surface area contributed by atoms with Crippen LogP contribution in [0.4, 0.5) is 10.1 Å². The largest absolute Gasteiger partial charge is 0.306 e. The van der Waals surface area contributed by atoms with E-state index in [1.807, 2.05) is 92.2 Å². The second kappa shape index (κ2) is 10.7. The third-order valence-electron chi connectivity index (χ3n) is 4.58. The molecule has 160 valence electrons. The number of hydrogen-bond donors (Lipinski definition) is 1. The summed E-state index contributed by atoms with van der Waals surface area (Å²) in [6, 6.07) is 22.5. The van der Waals surface area contributed by atoms with Crippen LogP contribution in [-0.2, 0) is 17.7 Å². The van der Waals surface area contributed by atoms with Gasteiger partial charge < -0.3 is 9.29 Å². The number of halogens is 1. The highest BCUT2D eigenvalue weighted by Crippen LogP contribution is 2.23. The molecule has 4 nitrogen and oxygen atoms in total. The zero-order valence-electron chi connectivity index (χ0n) is 17.9. The zero-order valence-corrected chi connectivity index (χ0v) is 18.7. The van der Waals surface area contributed by atoms with Gasteiger partial charge in [-0.25, -0.2) is 13.6 Å². The summed E-state index contributed by atoms with van der Waals surface area (Å²) >= 11 is 0. The molecular weight excluding hydrogens is 409 g/mol. The van der Waals surface area contributed by atoms with Gasteiger partial charge in [-0.3, -0.25) is 0 Å². The number of anilines is 1. The third-order valence-corrected chi connectivity index (χ3v) is 5.68. The lowest BCUT2D eigenvalue weighted by Crippen LogP contribution is -2.05. The Labute approximate surface area is 185 Å². The van der Waals surface area contributed by atoms with Gasteiger partial charge in [0.2, 0.25) is 0 Å². The van der Waals surface area contributed by atoms with Gasteiger partial charge in [-0.2, -0.15) is 0 Å². The Morgan fingerprint density at radius 2 is 1.68 bits per heavy atom. The highest BCUT2D eigenvalue weighted by Gasteiger charge is 2.07. The number of aryl methyl sites for hydroxylation is 1. The lowest BCUT2D eigenvalue weighted by Gasteiger charge is -2.09. The molecule has 0 aliphatic rings. The molecule has 1 atom stereocenters. The van der Waals surface area contributed by atoms with E-state index in [9.17, 15) is 8.60 Å². The van der Waals surface area contributed by atoms with Crippen molar-refractivity contribution in [2.24, 2.45) is 0 Å². The molecule has 1 N–H and O–H groups in total.